The van der Waals surface area contributed by atoms with Gasteiger partial charge in [0.25, 0.3) is 10.0 Å². The van der Waals surface area contributed by atoms with E-state index >= 15 is 0 Å². The van der Waals surface area contributed by atoms with Crippen LogP contribution in [0.4, 0.5) is 0 Å². The van der Waals surface area contributed by atoms with Gasteiger partial charge in [0.1, 0.15) is 0 Å². The van der Waals surface area contributed by atoms with Crippen LogP contribution in [0.3, 0.4) is 0 Å². The normalized spacial score (nSPS) is 20.1. The molecule has 2 heterocycles. The van der Waals surface area contributed by atoms with Crippen LogP contribution < -0.4 is 0 Å². The molecule has 0 N–H and O–H groups in total. The summed E-state index contributed by atoms with van der Waals surface area (Å²) in [6.45, 7) is 0.958. The molecule has 16 heavy (non-hydrogen) atoms. The standard InChI is InChI=1S/C9H14ClN3O2S/c1-12-6-9(11-7-12)16(14,15)13-4-2-8(10)3-5-13/h6-8H,2-5H2,1H3. The van der Waals surface area contributed by atoms with E-state index in [1.807, 2.05) is 0 Å². The highest BCUT2D eigenvalue weighted by Crippen LogP contribution is 2.21. The molecule has 2 rings (SSSR count). The van der Waals surface area contributed by atoms with E-state index in [1.54, 1.807) is 11.6 Å². The largest absolute Gasteiger partial charge is 0.339 e. The third kappa shape index (κ3) is 2.23. The van der Waals surface area contributed by atoms with Crippen LogP contribution in [0.2, 0.25) is 0 Å². The van der Waals surface area contributed by atoms with Crippen LogP contribution in [-0.2, 0) is 17.1 Å². The molecule has 0 atom stereocenters. The molecule has 1 saturated heterocycles. The second kappa shape index (κ2) is 4.35. The van der Waals surface area contributed by atoms with Crippen molar-refractivity contribution in [3.63, 3.8) is 0 Å². The summed E-state index contributed by atoms with van der Waals surface area (Å²) in [6, 6.07) is 0. The zero-order valence-electron chi connectivity index (χ0n) is 9.00. The quantitative estimate of drug-likeness (QED) is 0.742. The summed E-state index contributed by atoms with van der Waals surface area (Å²) < 4.78 is 27.3. The predicted octanol–water partition coefficient (Wildman–Crippen LogP) is 0.812. The Hall–Kier alpha value is -0.590. The van der Waals surface area contributed by atoms with Crippen LogP contribution in [0.15, 0.2) is 17.6 Å². The smallest absolute Gasteiger partial charge is 0.262 e. The van der Waals surface area contributed by atoms with Crippen LogP contribution in [0.25, 0.3) is 0 Å². The molecule has 0 spiro atoms. The summed E-state index contributed by atoms with van der Waals surface area (Å²) >= 11 is 5.94. The Bertz CT molecular complexity index is 463. The fraction of sp³-hybridized carbons (Fsp3) is 0.667. The lowest BCUT2D eigenvalue weighted by Crippen LogP contribution is -2.38. The highest BCUT2D eigenvalue weighted by molar-refractivity contribution is 7.89. The second-order valence-electron chi connectivity index (χ2n) is 3.96. The molecule has 5 nitrogen and oxygen atoms in total. The molecule has 1 aromatic rings. The van der Waals surface area contributed by atoms with E-state index in [0.717, 1.165) is 0 Å². The number of hydrogen-bond donors (Lipinski definition) is 0. The number of aryl methyl sites for hydroxylation is 1. The number of nitrogens with zero attached hydrogens (tertiary/aromatic N) is 3. The van der Waals surface area contributed by atoms with Crippen molar-refractivity contribution < 1.29 is 8.42 Å². The van der Waals surface area contributed by atoms with Gasteiger partial charge in [-0.25, -0.2) is 13.4 Å². The molecule has 1 fully saturated rings. The molecule has 1 aliphatic heterocycles. The molecule has 0 aromatic carbocycles. The molecule has 90 valence electrons. The van der Waals surface area contributed by atoms with Gasteiger partial charge in [-0.2, -0.15) is 4.31 Å². The predicted molar refractivity (Wildman–Crippen MR) is 60.8 cm³/mol. The maximum Gasteiger partial charge on any atom is 0.262 e. The van der Waals surface area contributed by atoms with Gasteiger partial charge in [-0.3, -0.25) is 0 Å². The minimum absolute atomic E-state index is 0.0928. The van der Waals surface area contributed by atoms with Crippen molar-refractivity contribution in [2.24, 2.45) is 7.05 Å². The lowest BCUT2D eigenvalue weighted by molar-refractivity contribution is 0.349. The van der Waals surface area contributed by atoms with Gasteiger partial charge in [0, 0.05) is 31.7 Å². The van der Waals surface area contributed by atoms with Crippen molar-refractivity contribution in [2.75, 3.05) is 13.1 Å². The number of aromatic nitrogens is 2. The van der Waals surface area contributed by atoms with Gasteiger partial charge < -0.3 is 4.57 Å². The first kappa shape index (κ1) is 11.9. The summed E-state index contributed by atoms with van der Waals surface area (Å²) in [5, 5.41) is 0.207. The monoisotopic (exact) mass is 263 g/mol. The Labute approximate surface area is 100 Å². The average molecular weight is 264 g/mol. The number of rotatable bonds is 2. The van der Waals surface area contributed by atoms with Crippen molar-refractivity contribution in [1.82, 2.24) is 13.9 Å². The Morgan fingerprint density at radius 2 is 2.06 bits per heavy atom. The first-order valence-corrected chi connectivity index (χ1v) is 7.00. The SMILES string of the molecule is Cn1cnc(S(=O)(=O)N2CCC(Cl)CC2)c1. The molecule has 0 bridgehead atoms. The molecule has 1 aromatic heterocycles. The van der Waals surface area contributed by atoms with Crippen LogP contribution >= 0.6 is 11.6 Å². The van der Waals surface area contributed by atoms with E-state index in [4.69, 9.17) is 11.6 Å². The van der Waals surface area contributed by atoms with E-state index in [-0.39, 0.29) is 10.4 Å². The molecular weight excluding hydrogens is 250 g/mol. The highest BCUT2D eigenvalue weighted by atomic mass is 35.5. The van der Waals surface area contributed by atoms with E-state index in [1.165, 1.54) is 16.8 Å². The summed E-state index contributed by atoms with van der Waals surface area (Å²) in [5.41, 5.74) is 0. The van der Waals surface area contributed by atoms with Gasteiger partial charge in [-0.05, 0) is 12.8 Å². The third-order valence-corrected chi connectivity index (χ3v) is 4.89. The van der Waals surface area contributed by atoms with Gasteiger partial charge in [0.2, 0.25) is 0 Å². The van der Waals surface area contributed by atoms with Gasteiger partial charge in [-0.1, -0.05) is 0 Å². The van der Waals surface area contributed by atoms with Crippen LogP contribution in [-0.4, -0.2) is 40.7 Å². The highest BCUT2D eigenvalue weighted by Gasteiger charge is 2.30. The Kier molecular flexibility index (Phi) is 3.23. The maximum absolute atomic E-state index is 12.1. The lowest BCUT2D eigenvalue weighted by atomic mass is 10.2. The van der Waals surface area contributed by atoms with Crippen molar-refractivity contribution in [1.29, 1.82) is 0 Å². The molecule has 0 unspecified atom stereocenters. The number of imidazole rings is 1. The van der Waals surface area contributed by atoms with Gasteiger partial charge in [0.15, 0.2) is 5.03 Å². The topological polar surface area (TPSA) is 55.2 Å². The molecule has 0 saturated carbocycles. The summed E-state index contributed by atoms with van der Waals surface area (Å²) in [5.74, 6) is 0. The van der Waals surface area contributed by atoms with E-state index in [2.05, 4.69) is 4.98 Å². The molecule has 0 amide bonds. The summed E-state index contributed by atoms with van der Waals surface area (Å²) in [6.07, 6.45) is 4.41. The minimum Gasteiger partial charge on any atom is -0.339 e. The first-order valence-electron chi connectivity index (χ1n) is 5.12. The minimum atomic E-state index is -3.42. The van der Waals surface area contributed by atoms with Crippen LogP contribution in [0.1, 0.15) is 12.8 Å². The maximum atomic E-state index is 12.1. The number of halogens is 1. The first-order chi connectivity index (χ1) is 7.50. The summed E-state index contributed by atoms with van der Waals surface area (Å²) in [7, 11) is -1.67. The fourth-order valence-electron chi connectivity index (χ4n) is 1.72. The van der Waals surface area contributed by atoms with Crippen molar-refractivity contribution in [2.45, 2.75) is 23.2 Å². The number of sulfonamides is 1. The van der Waals surface area contributed by atoms with Gasteiger partial charge in [0.05, 0.1) is 6.33 Å². The third-order valence-electron chi connectivity index (χ3n) is 2.67. The molecular formula is C9H14ClN3O2S. The Morgan fingerprint density at radius 1 is 1.44 bits per heavy atom. The second-order valence-corrected chi connectivity index (χ2v) is 6.46. The van der Waals surface area contributed by atoms with E-state index in [9.17, 15) is 8.42 Å². The van der Waals surface area contributed by atoms with Gasteiger partial charge >= 0.3 is 0 Å². The number of hydrogen-bond acceptors (Lipinski definition) is 3. The Morgan fingerprint density at radius 3 is 2.56 bits per heavy atom. The zero-order valence-corrected chi connectivity index (χ0v) is 10.6. The fourth-order valence-corrected chi connectivity index (χ4v) is 3.35. The summed E-state index contributed by atoms with van der Waals surface area (Å²) in [4.78, 5) is 3.88. The van der Waals surface area contributed by atoms with Crippen molar-refractivity contribution >= 4 is 21.6 Å². The molecule has 0 aliphatic carbocycles. The molecule has 0 radical (unpaired) electrons. The number of alkyl halides is 1. The van der Waals surface area contributed by atoms with Crippen molar-refractivity contribution in [3.05, 3.63) is 12.5 Å². The zero-order chi connectivity index (χ0) is 11.8. The van der Waals surface area contributed by atoms with Gasteiger partial charge in [-0.15, -0.1) is 11.6 Å². The average Bonchev–Trinajstić information content (AvgIpc) is 2.66. The van der Waals surface area contributed by atoms with E-state index < -0.39 is 10.0 Å². The van der Waals surface area contributed by atoms with Crippen LogP contribution in [0.5, 0.6) is 0 Å². The number of piperidine rings is 1. The molecule has 1 aliphatic rings. The Balaban J connectivity index is 2.20. The van der Waals surface area contributed by atoms with Crippen molar-refractivity contribution in [3.8, 4) is 0 Å². The van der Waals surface area contributed by atoms with E-state index in [0.29, 0.717) is 25.9 Å². The lowest BCUT2D eigenvalue weighted by Gasteiger charge is -2.27. The van der Waals surface area contributed by atoms with Crippen LogP contribution in [0, 0.1) is 0 Å². The molecule has 7 heteroatoms.